The van der Waals surface area contributed by atoms with E-state index in [-0.39, 0.29) is 0 Å². The van der Waals surface area contributed by atoms with Crippen LogP contribution in [0.15, 0.2) is 12.1 Å². The minimum Gasteiger partial charge on any atom is -0.353 e. The van der Waals surface area contributed by atoms with Crippen LogP contribution in [0, 0.1) is 12.8 Å². The summed E-state index contributed by atoms with van der Waals surface area (Å²) >= 11 is 0. The molecule has 2 heteroatoms. The number of aromatic nitrogens is 1. The molecule has 1 aromatic heterocycles. The van der Waals surface area contributed by atoms with Crippen LogP contribution >= 0.6 is 0 Å². The molecule has 0 amide bonds. The van der Waals surface area contributed by atoms with Crippen LogP contribution in [0.1, 0.15) is 38.4 Å². The Morgan fingerprint density at radius 1 is 1.44 bits per heavy atom. The third-order valence-electron chi connectivity index (χ3n) is 3.22. The van der Waals surface area contributed by atoms with Crippen LogP contribution in [-0.4, -0.2) is 17.6 Å². The Balaban J connectivity index is 2.34. The number of fused-ring (bicyclic) bond motifs is 1. The zero-order chi connectivity index (χ0) is 11.7. The first-order valence-corrected chi connectivity index (χ1v) is 6.10. The van der Waals surface area contributed by atoms with Crippen molar-refractivity contribution in [2.24, 2.45) is 0 Å². The summed E-state index contributed by atoms with van der Waals surface area (Å²) in [7, 11) is 0. The summed E-state index contributed by atoms with van der Waals surface area (Å²) in [6.07, 6.45) is 2.41. The standard InChI is InChI=1S/C14H21N2/c1-10(2)9-16-12(4)6-8-13-7-5-11(3)15-14(13)16/h5,7,12H,6,8-9H2,1-4H3. The van der Waals surface area contributed by atoms with E-state index >= 15 is 0 Å². The number of nitrogens with zero attached hydrogens (tertiary/aromatic N) is 2. The molecule has 1 atom stereocenters. The van der Waals surface area contributed by atoms with Gasteiger partial charge < -0.3 is 4.90 Å². The first-order chi connectivity index (χ1) is 7.58. The number of anilines is 1. The van der Waals surface area contributed by atoms with Crippen LogP contribution < -0.4 is 4.90 Å². The molecule has 87 valence electrons. The van der Waals surface area contributed by atoms with Crippen molar-refractivity contribution in [3.8, 4) is 0 Å². The van der Waals surface area contributed by atoms with Gasteiger partial charge in [-0.1, -0.05) is 19.9 Å². The molecule has 16 heavy (non-hydrogen) atoms. The van der Waals surface area contributed by atoms with Crippen molar-refractivity contribution in [1.82, 2.24) is 4.98 Å². The average Bonchev–Trinajstić information content (AvgIpc) is 2.22. The Kier molecular flexibility index (Phi) is 3.17. The number of rotatable bonds is 2. The molecule has 0 N–H and O–H groups in total. The zero-order valence-corrected chi connectivity index (χ0v) is 10.7. The van der Waals surface area contributed by atoms with Crippen LogP contribution in [0.25, 0.3) is 0 Å². The van der Waals surface area contributed by atoms with Crippen molar-refractivity contribution in [1.29, 1.82) is 0 Å². The maximum Gasteiger partial charge on any atom is 0.132 e. The van der Waals surface area contributed by atoms with Gasteiger partial charge in [0.15, 0.2) is 0 Å². The molecule has 0 saturated carbocycles. The predicted molar refractivity (Wildman–Crippen MR) is 68.7 cm³/mol. The quantitative estimate of drug-likeness (QED) is 0.756. The molecular formula is C14H21N2. The van der Waals surface area contributed by atoms with E-state index in [9.17, 15) is 0 Å². The van der Waals surface area contributed by atoms with Crippen molar-refractivity contribution in [3.05, 3.63) is 29.3 Å². The number of hydrogen-bond acceptors (Lipinski definition) is 2. The van der Waals surface area contributed by atoms with Crippen molar-refractivity contribution < 1.29 is 0 Å². The van der Waals surface area contributed by atoms with Crippen LogP contribution in [0.5, 0.6) is 0 Å². The molecule has 2 nitrogen and oxygen atoms in total. The minimum absolute atomic E-state index is 0.608. The van der Waals surface area contributed by atoms with Crippen molar-refractivity contribution in [2.45, 2.75) is 46.6 Å². The third kappa shape index (κ3) is 2.21. The lowest BCUT2D eigenvalue weighted by Gasteiger charge is -2.37. The summed E-state index contributed by atoms with van der Waals surface area (Å²) in [6.45, 7) is 9.79. The normalized spacial score (nSPS) is 20.1. The molecule has 2 heterocycles. The molecule has 1 aliphatic heterocycles. The number of hydrogen-bond donors (Lipinski definition) is 0. The topological polar surface area (TPSA) is 16.1 Å². The van der Waals surface area contributed by atoms with Gasteiger partial charge in [0.1, 0.15) is 5.82 Å². The molecule has 0 aromatic carbocycles. The number of pyridine rings is 1. The van der Waals surface area contributed by atoms with E-state index in [0.717, 1.165) is 12.2 Å². The molecule has 1 unspecified atom stereocenters. The third-order valence-corrected chi connectivity index (χ3v) is 3.22. The second-order valence-electron chi connectivity index (χ2n) is 5.16. The van der Waals surface area contributed by atoms with Crippen molar-refractivity contribution in [3.63, 3.8) is 0 Å². The molecule has 0 fully saturated rings. The lowest BCUT2D eigenvalue weighted by Crippen LogP contribution is -2.40. The molecule has 2 rings (SSSR count). The highest BCUT2D eigenvalue weighted by molar-refractivity contribution is 5.51. The summed E-state index contributed by atoms with van der Waals surface area (Å²) in [6, 6.07) is 4.97. The van der Waals surface area contributed by atoms with Gasteiger partial charge in [-0.05, 0) is 44.2 Å². The summed E-state index contributed by atoms with van der Waals surface area (Å²) in [5.41, 5.74) is 2.52. The van der Waals surface area contributed by atoms with E-state index in [2.05, 4.69) is 44.7 Å². The lowest BCUT2D eigenvalue weighted by atomic mass is 9.98. The summed E-state index contributed by atoms with van der Waals surface area (Å²) < 4.78 is 0. The first-order valence-electron chi connectivity index (χ1n) is 6.10. The summed E-state index contributed by atoms with van der Waals surface area (Å²) in [5, 5.41) is 0. The van der Waals surface area contributed by atoms with Gasteiger partial charge in [-0.2, -0.15) is 0 Å². The first kappa shape index (κ1) is 11.4. The zero-order valence-electron chi connectivity index (χ0n) is 10.7. The van der Waals surface area contributed by atoms with Crippen molar-refractivity contribution >= 4 is 5.82 Å². The van der Waals surface area contributed by atoms with E-state index in [1.165, 1.54) is 30.1 Å². The molecule has 0 bridgehead atoms. The maximum atomic E-state index is 4.71. The molecule has 1 radical (unpaired) electrons. The van der Waals surface area contributed by atoms with Gasteiger partial charge in [0.05, 0.1) is 0 Å². The molecular weight excluding hydrogens is 196 g/mol. The van der Waals surface area contributed by atoms with Crippen molar-refractivity contribution in [2.75, 3.05) is 11.4 Å². The second-order valence-corrected chi connectivity index (χ2v) is 5.16. The Bertz CT molecular complexity index is 371. The van der Waals surface area contributed by atoms with Gasteiger partial charge >= 0.3 is 0 Å². The highest BCUT2D eigenvalue weighted by Gasteiger charge is 2.24. The summed E-state index contributed by atoms with van der Waals surface area (Å²) in [4.78, 5) is 7.16. The Hall–Kier alpha value is -1.05. The highest BCUT2D eigenvalue weighted by Crippen LogP contribution is 2.29. The molecule has 0 saturated heterocycles. The Labute approximate surface area is 98.7 Å². The van der Waals surface area contributed by atoms with Crippen LogP contribution in [0.4, 0.5) is 5.82 Å². The van der Waals surface area contributed by atoms with Gasteiger partial charge in [0.25, 0.3) is 0 Å². The molecule has 1 aliphatic rings. The largest absolute Gasteiger partial charge is 0.353 e. The van der Waals surface area contributed by atoms with E-state index in [0.29, 0.717) is 6.04 Å². The van der Waals surface area contributed by atoms with E-state index in [1.54, 1.807) is 0 Å². The van der Waals surface area contributed by atoms with Crippen LogP contribution in [-0.2, 0) is 6.42 Å². The highest BCUT2D eigenvalue weighted by atomic mass is 15.2. The predicted octanol–water partition coefficient (Wildman–Crippen LogP) is 3.15. The fraction of sp³-hybridized carbons (Fsp3) is 0.571. The monoisotopic (exact) mass is 217 g/mol. The van der Waals surface area contributed by atoms with Gasteiger partial charge in [0, 0.05) is 18.3 Å². The average molecular weight is 217 g/mol. The lowest BCUT2D eigenvalue weighted by molar-refractivity contribution is 0.557. The Morgan fingerprint density at radius 2 is 2.19 bits per heavy atom. The van der Waals surface area contributed by atoms with Crippen LogP contribution in [0.3, 0.4) is 0 Å². The fourth-order valence-electron chi connectivity index (χ4n) is 2.32. The van der Waals surface area contributed by atoms with Gasteiger partial charge in [-0.3, -0.25) is 0 Å². The minimum atomic E-state index is 0.608. The van der Waals surface area contributed by atoms with E-state index < -0.39 is 0 Å². The van der Waals surface area contributed by atoms with E-state index in [1.807, 2.05) is 0 Å². The van der Waals surface area contributed by atoms with Gasteiger partial charge in [-0.15, -0.1) is 0 Å². The van der Waals surface area contributed by atoms with E-state index in [4.69, 9.17) is 4.98 Å². The Morgan fingerprint density at radius 3 is 2.88 bits per heavy atom. The number of aryl methyl sites for hydroxylation is 2. The molecule has 1 aromatic rings. The van der Waals surface area contributed by atoms with Gasteiger partial charge in [-0.25, -0.2) is 4.98 Å². The van der Waals surface area contributed by atoms with Gasteiger partial charge in [0.2, 0.25) is 0 Å². The molecule has 0 aliphatic carbocycles. The van der Waals surface area contributed by atoms with Crippen LogP contribution in [0.2, 0.25) is 0 Å². The maximum absolute atomic E-state index is 4.71. The smallest absolute Gasteiger partial charge is 0.132 e. The summed E-state index contributed by atoms with van der Waals surface area (Å²) in [5.74, 6) is 2.66. The molecule has 0 spiro atoms. The second kappa shape index (κ2) is 4.44. The fourth-order valence-corrected chi connectivity index (χ4v) is 2.32. The SMILES string of the molecule is C[C](C)CN1c2nc(C)ccc2CCC1C.